The summed E-state index contributed by atoms with van der Waals surface area (Å²) in [6, 6.07) is 0. The van der Waals surface area contributed by atoms with Gasteiger partial charge in [0.15, 0.2) is 6.10 Å². The highest BCUT2D eigenvalue weighted by Gasteiger charge is 2.29. The minimum Gasteiger partial charge on any atom is -0.463 e. The lowest BCUT2D eigenvalue weighted by Crippen LogP contribution is -2.30. The van der Waals surface area contributed by atoms with E-state index in [1.807, 2.05) is 0 Å². The van der Waals surface area contributed by atoms with Gasteiger partial charge in [0.25, 0.3) is 0 Å². The normalized spacial score (nSPS) is 14.8. The van der Waals surface area contributed by atoms with Gasteiger partial charge in [-0.05, 0) is 161 Å². The van der Waals surface area contributed by atoms with E-state index in [-0.39, 0.29) is 19.3 Å². The monoisotopic (exact) mass is 1590 g/mol. The largest absolute Gasteiger partial charge is 0.472 e. The first kappa shape index (κ1) is 105. The summed E-state index contributed by atoms with van der Waals surface area (Å²) < 4.78 is 61.3. The highest BCUT2D eigenvalue weighted by atomic mass is 31.2. The average molecular weight is 1590 g/mol. The van der Waals surface area contributed by atoms with E-state index in [0.717, 1.165) is 193 Å². The van der Waals surface area contributed by atoms with Gasteiger partial charge in [-0.3, -0.25) is 32.5 Å². The van der Waals surface area contributed by atoms with Crippen molar-refractivity contribution in [3.63, 3.8) is 0 Å². The molecule has 0 spiro atoms. The van der Waals surface area contributed by atoms with Crippen LogP contribution in [0.5, 0.6) is 0 Å². The molecule has 0 aliphatic carbocycles. The maximum Gasteiger partial charge on any atom is 0.472 e. The van der Waals surface area contributed by atoms with Gasteiger partial charge in [-0.15, -0.1) is 0 Å². The predicted molar refractivity (Wildman–Crippen MR) is 463 cm³/mol. The molecule has 111 heavy (non-hydrogen) atoms. The van der Waals surface area contributed by atoms with Crippen LogP contribution in [-0.4, -0.2) is 95.9 Å². The van der Waals surface area contributed by atoms with E-state index in [1.54, 1.807) is 0 Å². The van der Waals surface area contributed by atoms with Crippen LogP contribution in [-0.2, 0) is 55.8 Å². The quantitative estimate of drug-likeness (QED) is 0.0146. The molecule has 0 rings (SSSR count). The van der Waals surface area contributed by atoms with Crippen molar-refractivity contribution >= 4 is 33.6 Å². The summed E-state index contributed by atoms with van der Waals surface area (Å²) in [5.74, 6) is -1.63. The van der Waals surface area contributed by atoms with Crippen LogP contribution in [0.25, 0.3) is 0 Å². The number of carbonyl (C=O) groups excluding carboxylic acids is 3. The van der Waals surface area contributed by atoms with Gasteiger partial charge in [0.2, 0.25) is 0 Å². The number of esters is 3. The molecule has 18 heteroatoms. The Hall–Kier alpha value is -5.61. The second-order valence-electron chi connectivity index (χ2n) is 27.8. The van der Waals surface area contributed by atoms with Crippen molar-refractivity contribution in [2.24, 2.45) is 0 Å². The van der Waals surface area contributed by atoms with Gasteiger partial charge in [0.05, 0.1) is 26.4 Å². The molecule has 0 saturated heterocycles. The van der Waals surface area contributed by atoms with E-state index in [0.29, 0.717) is 19.3 Å². The number of hydrogen-bond donors (Lipinski definition) is 4. The summed E-state index contributed by atoms with van der Waals surface area (Å²) in [5, 5.41) is 20.7. The van der Waals surface area contributed by atoms with E-state index < -0.39 is 91.5 Å². The first-order valence-corrected chi connectivity index (χ1v) is 45.7. The Morgan fingerprint density at radius 2 is 0.450 bits per heavy atom. The number of aliphatic hydroxyl groups excluding tert-OH is 2. The smallest absolute Gasteiger partial charge is 0.463 e. The lowest BCUT2D eigenvalue weighted by Gasteiger charge is -2.21. The second-order valence-corrected chi connectivity index (χ2v) is 30.7. The Balaban J connectivity index is 4.56. The van der Waals surface area contributed by atoms with Crippen molar-refractivity contribution in [3.05, 3.63) is 194 Å². The van der Waals surface area contributed by atoms with Crippen molar-refractivity contribution in [1.82, 2.24) is 0 Å². The SMILES string of the molecule is CC/C=C\C/C=C\C/C=C\C/C=C\C/C=C\C/C=C\CCCCCCCCCCCCCCCCC(=O)OCC(O)COP(=O)(O)OCC(O)COP(=O)(O)OCC(COC(=O)CCCCCCCC/C=C\C/C=C\C/C=C\C/C=C\C/C=C\C/C=C\CC)OC(=O)CCCCCC/C=C\C/C=C\C/C=C\C/C=C\CC. The van der Waals surface area contributed by atoms with Crippen LogP contribution < -0.4 is 0 Å². The van der Waals surface area contributed by atoms with E-state index >= 15 is 0 Å². The number of ether oxygens (including phenoxy) is 3. The van der Waals surface area contributed by atoms with Crippen LogP contribution in [0.3, 0.4) is 0 Å². The Kier molecular flexibility index (Phi) is 79.6. The molecule has 0 radical (unpaired) electrons. The maximum absolute atomic E-state index is 13.0. The number of carbonyl (C=O) groups is 3. The summed E-state index contributed by atoms with van der Waals surface area (Å²) in [7, 11) is -9.82. The standard InChI is InChI=1S/C93H152O16P2/c1-4-7-10-13-16-19-22-25-28-31-33-35-37-39-40-41-42-43-44-45-46-48-50-51-53-56-58-61-64-67-70-73-76-79-91(96)103-82-88(94)83-105-110(99,100)106-84-89(95)85-107-111(101,102)108-87-90(109-93(98)81-78-75-72-69-66-63-60-55-30-27-24-21-18-15-12-9-6-3)86-104-92(97)80-77-74-71-68-65-62-59-57-54-52-49-47-38-36-34-32-29-26-23-20-17-14-11-8-5-2/h7-12,16-21,25-30,33-36,39-40,42-43,47,49,54,57,60,63,88-90,94-95H,4-6,13-15,22-24,31-32,37-38,41,44-46,48,50-53,55-56,58-59,61-62,64-87H2,1-3H3,(H,99,100)(H,101,102)/b10-7-,11-8-,12-9-,19-16-,20-17-,21-18-,28-25-,29-26-,30-27-,35-33-,36-34-,40-39-,43-42-,49-47-,57-54-,63-60-. The van der Waals surface area contributed by atoms with Crippen molar-refractivity contribution in [2.45, 2.75) is 334 Å². The number of unbranched alkanes of at least 4 members (excludes halogenated alkanes) is 24. The summed E-state index contributed by atoms with van der Waals surface area (Å²) in [6.45, 7) is 2.29. The third-order valence-electron chi connectivity index (χ3n) is 17.3. The number of rotatable bonds is 79. The fourth-order valence-electron chi connectivity index (χ4n) is 10.9. The molecule has 630 valence electrons. The van der Waals surface area contributed by atoms with Gasteiger partial charge in [-0.1, -0.05) is 331 Å². The topological polar surface area (TPSA) is 231 Å². The zero-order chi connectivity index (χ0) is 80.8. The number of phosphoric acid groups is 2. The second kappa shape index (κ2) is 83.8. The van der Waals surface area contributed by atoms with Crippen molar-refractivity contribution < 1.29 is 75.8 Å². The molecule has 5 unspecified atom stereocenters. The van der Waals surface area contributed by atoms with Gasteiger partial charge in [0, 0.05) is 19.3 Å². The predicted octanol–water partition coefficient (Wildman–Crippen LogP) is 25.9. The molecule has 16 nitrogen and oxygen atoms in total. The molecule has 0 aromatic heterocycles. The van der Waals surface area contributed by atoms with Crippen molar-refractivity contribution in [3.8, 4) is 0 Å². The highest BCUT2D eigenvalue weighted by molar-refractivity contribution is 7.47. The Labute approximate surface area is 674 Å². The molecule has 0 heterocycles. The molecule has 5 atom stereocenters. The van der Waals surface area contributed by atoms with Crippen LogP contribution in [0.1, 0.15) is 316 Å². The molecule has 0 bridgehead atoms. The van der Waals surface area contributed by atoms with Gasteiger partial charge in [-0.2, -0.15) is 0 Å². The lowest BCUT2D eigenvalue weighted by atomic mass is 10.0. The first-order valence-electron chi connectivity index (χ1n) is 42.7. The minimum absolute atomic E-state index is 0.0662. The molecule has 0 amide bonds. The fourth-order valence-corrected chi connectivity index (χ4v) is 12.5. The van der Waals surface area contributed by atoms with Gasteiger partial charge < -0.3 is 34.2 Å². The minimum atomic E-state index is -4.95. The molecule has 4 N–H and O–H groups in total. The summed E-state index contributed by atoms with van der Waals surface area (Å²) in [6.07, 6.45) is 111. The lowest BCUT2D eigenvalue weighted by molar-refractivity contribution is -0.161. The van der Waals surface area contributed by atoms with Gasteiger partial charge in [0.1, 0.15) is 25.4 Å². The average Bonchev–Trinajstić information content (AvgIpc) is 0.901. The van der Waals surface area contributed by atoms with Crippen molar-refractivity contribution in [1.29, 1.82) is 0 Å². The summed E-state index contributed by atoms with van der Waals surface area (Å²) in [4.78, 5) is 58.8. The van der Waals surface area contributed by atoms with Gasteiger partial charge >= 0.3 is 33.6 Å². The molecular weight excluding hydrogens is 1430 g/mol. The number of phosphoric ester groups is 2. The summed E-state index contributed by atoms with van der Waals surface area (Å²) in [5.41, 5.74) is 0. The van der Waals surface area contributed by atoms with Crippen LogP contribution in [0.2, 0.25) is 0 Å². The highest BCUT2D eigenvalue weighted by Crippen LogP contribution is 2.45. The molecular formula is C93H152O16P2. The third kappa shape index (κ3) is 85.1. The fraction of sp³-hybridized carbons (Fsp3) is 0.624. The van der Waals surface area contributed by atoms with E-state index in [9.17, 15) is 43.5 Å². The van der Waals surface area contributed by atoms with Crippen LogP contribution in [0.4, 0.5) is 0 Å². The Morgan fingerprint density at radius 1 is 0.252 bits per heavy atom. The van der Waals surface area contributed by atoms with Crippen molar-refractivity contribution in [2.75, 3.05) is 39.6 Å². The van der Waals surface area contributed by atoms with E-state index in [2.05, 4.69) is 215 Å². The molecule has 0 aliphatic rings. The van der Waals surface area contributed by atoms with Crippen LogP contribution >= 0.6 is 15.6 Å². The zero-order valence-electron chi connectivity index (χ0n) is 69.1. The van der Waals surface area contributed by atoms with Crippen LogP contribution in [0.15, 0.2) is 194 Å². The molecule has 0 aliphatic heterocycles. The molecule has 0 aromatic rings. The molecule has 0 saturated carbocycles. The maximum atomic E-state index is 13.0. The summed E-state index contributed by atoms with van der Waals surface area (Å²) >= 11 is 0. The van der Waals surface area contributed by atoms with E-state index in [4.69, 9.17) is 32.3 Å². The number of allylic oxidation sites excluding steroid dienone is 32. The Bertz CT molecular complexity index is 2800. The van der Waals surface area contributed by atoms with Crippen LogP contribution in [0, 0.1) is 0 Å². The zero-order valence-corrected chi connectivity index (χ0v) is 70.8. The van der Waals surface area contributed by atoms with Gasteiger partial charge in [-0.25, -0.2) is 9.13 Å². The molecule has 0 aromatic carbocycles. The Morgan fingerprint density at radius 3 is 0.712 bits per heavy atom. The molecule has 0 fully saturated rings. The number of hydrogen-bond acceptors (Lipinski definition) is 14. The first-order chi connectivity index (χ1) is 54.2. The number of aliphatic hydroxyl groups is 2. The van der Waals surface area contributed by atoms with E-state index in [1.165, 1.54) is 64.2 Å². The third-order valence-corrected chi connectivity index (χ3v) is 19.2.